The van der Waals surface area contributed by atoms with Gasteiger partial charge in [-0.3, -0.25) is 0 Å². The Kier molecular flexibility index (Phi) is 6.40. The highest BCUT2D eigenvalue weighted by molar-refractivity contribution is 5.29. The molecule has 0 spiro atoms. The Morgan fingerprint density at radius 3 is 2.45 bits per heavy atom. The molecule has 1 N–H and O–H groups in total. The highest BCUT2D eigenvalue weighted by Gasteiger charge is 2.31. The first kappa shape index (κ1) is 16.4. The number of rotatable bonds is 7. The van der Waals surface area contributed by atoms with Gasteiger partial charge in [0.2, 0.25) is 0 Å². The second-order valence-electron chi connectivity index (χ2n) is 4.37. The molecule has 0 heterocycles. The van der Waals surface area contributed by atoms with Crippen molar-refractivity contribution in [2.75, 3.05) is 6.54 Å². The molecule has 1 rings (SSSR count). The minimum Gasteiger partial charge on any atom is -0.406 e. The number of alkyl halides is 3. The summed E-state index contributed by atoms with van der Waals surface area (Å²) >= 11 is 0. The molecular weight excluding hydrogens is 267 g/mol. The lowest BCUT2D eigenvalue weighted by molar-refractivity contribution is -0.274. The summed E-state index contributed by atoms with van der Waals surface area (Å²) in [5, 5.41) is 3.33. The van der Waals surface area contributed by atoms with Crippen molar-refractivity contribution in [3.63, 3.8) is 0 Å². The van der Waals surface area contributed by atoms with Gasteiger partial charge in [-0.05, 0) is 37.1 Å². The summed E-state index contributed by atoms with van der Waals surface area (Å²) in [5.74, 6) is 2.36. The fourth-order valence-corrected chi connectivity index (χ4v) is 1.83. The van der Waals surface area contributed by atoms with E-state index in [9.17, 15) is 13.2 Å². The third-order valence-electron chi connectivity index (χ3n) is 2.73. The Bertz CT molecular complexity index is 434. The van der Waals surface area contributed by atoms with E-state index in [4.69, 9.17) is 6.42 Å². The van der Waals surface area contributed by atoms with Gasteiger partial charge in [-0.1, -0.05) is 19.1 Å². The highest BCUT2D eigenvalue weighted by Crippen LogP contribution is 2.25. The van der Waals surface area contributed by atoms with E-state index >= 15 is 0 Å². The summed E-state index contributed by atoms with van der Waals surface area (Å²) < 4.78 is 40.1. The number of nitrogens with one attached hydrogen (secondary N) is 1. The minimum absolute atomic E-state index is 0.0472. The summed E-state index contributed by atoms with van der Waals surface area (Å²) in [6.07, 6.45) is 2.93. The van der Waals surface area contributed by atoms with E-state index in [1.807, 2.05) is 6.92 Å². The van der Waals surface area contributed by atoms with Crippen molar-refractivity contribution in [2.24, 2.45) is 0 Å². The molecule has 0 aliphatic rings. The molecule has 0 radical (unpaired) electrons. The molecule has 0 bridgehead atoms. The molecule has 0 amide bonds. The quantitative estimate of drug-likeness (QED) is 0.763. The third-order valence-corrected chi connectivity index (χ3v) is 2.73. The van der Waals surface area contributed by atoms with Gasteiger partial charge in [-0.15, -0.1) is 25.5 Å². The molecule has 110 valence electrons. The maximum atomic E-state index is 12.1. The van der Waals surface area contributed by atoms with E-state index < -0.39 is 6.36 Å². The zero-order valence-corrected chi connectivity index (χ0v) is 11.3. The van der Waals surface area contributed by atoms with Gasteiger partial charge in [0.25, 0.3) is 0 Å². The molecule has 1 unspecified atom stereocenters. The average Bonchev–Trinajstić information content (AvgIpc) is 2.38. The van der Waals surface area contributed by atoms with E-state index in [0.717, 1.165) is 24.9 Å². The monoisotopic (exact) mass is 285 g/mol. The van der Waals surface area contributed by atoms with Crippen LogP contribution in [0.2, 0.25) is 0 Å². The fourth-order valence-electron chi connectivity index (χ4n) is 1.83. The lowest BCUT2D eigenvalue weighted by Crippen LogP contribution is -2.22. The van der Waals surface area contributed by atoms with E-state index in [2.05, 4.69) is 16.0 Å². The Hall–Kier alpha value is -1.67. The lowest BCUT2D eigenvalue weighted by atomic mass is 10.0. The van der Waals surface area contributed by atoms with E-state index in [1.165, 1.54) is 12.1 Å². The Balaban J connectivity index is 2.73. The SMILES string of the molecule is C#CCCC(NCCC)c1ccc(OC(F)(F)F)cc1. The van der Waals surface area contributed by atoms with Crippen molar-refractivity contribution in [3.05, 3.63) is 29.8 Å². The Morgan fingerprint density at radius 1 is 1.30 bits per heavy atom. The molecule has 0 aliphatic carbocycles. The van der Waals surface area contributed by atoms with Crippen LogP contribution < -0.4 is 10.1 Å². The second kappa shape index (κ2) is 7.81. The van der Waals surface area contributed by atoms with Gasteiger partial charge in [0.1, 0.15) is 5.75 Å². The van der Waals surface area contributed by atoms with E-state index in [-0.39, 0.29) is 11.8 Å². The van der Waals surface area contributed by atoms with Crippen LogP contribution in [0.25, 0.3) is 0 Å². The second-order valence-corrected chi connectivity index (χ2v) is 4.37. The van der Waals surface area contributed by atoms with Crippen molar-refractivity contribution in [1.82, 2.24) is 5.32 Å². The maximum Gasteiger partial charge on any atom is 0.573 e. The number of ether oxygens (including phenoxy) is 1. The third kappa shape index (κ3) is 5.98. The van der Waals surface area contributed by atoms with Crippen LogP contribution >= 0.6 is 0 Å². The van der Waals surface area contributed by atoms with Crippen molar-refractivity contribution in [3.8, 4) is 18.1 Å². The summed E-state index contributed by atoms with van der Waals surface area (Å²) in [5.41, 5.74) is 0.906. The first-order valence-electron chi connectivity index (χ1n) is 6.49. The number of benzene rings is 1. The normalized spacial score (nSPS) is 12.8. The van der Waals surface area contributed by atoms with Crippen LogP contribution in [0.3, 0.4) is 0 Å². The fraction of sp³-hybridized carbons (Fsp3) is 0.467. The van der Waals surface area contributed by atoms with Gasteiger partial charge < -0.3 is 10.1 Å². The molecule has 1 aromatic rings. The number of terminal acetylenes is 1. The van der Waals surface area contributed by atoms with Crippen LogP contribution in [0.5, 0.6) is 5.75 Å². The molecule has 2 nitrogen and oxygen atoms in total. The minimum atomic E-state index is -4.66. The molecule has 20 heavy (non-hydrogen) atoms. The maximum absolute atomic E-state index is 12.1. The molecule has 0 saturated carbocycles. The highest BCUT2D eigenvalue weighted by atomic mass is 19.4. The van der Waals surface area contributed by atoms with Gasteiger partial charge in [-0.25, -0.2) is 0 Å². The van der Waals surface area contributed by atoms with Crippen LogP contribution in [0, 0.1) is 12.3 Å². The molecule has 1 atom stereocenters. The van der Waals surface area contributed by atoms with Crippen LogP contribution in [0.4, 0.5) is 13.2 Å². The number of hydrogen-bond donors (Lipinski definition) is 1. The van der Waals surface area contributed by atoms with Gasteiger partial charge in [0.15, 0.2) is 0 Å². The molecule has 0 aliphatic heterocycles. The van der Waals surface area contributed by atoms with Crippen LogP contribution in [-0.4, -0.2) is 12.9 Å². The predicted octanol–water partition coefficient (Wildman–Crippen LogP) is 4.04. The summed E-state index contributed by atoms with van der Waals surface area (Å²) in [6, 6.07) is 5.94. The van der Waals surface area contributed by atoms with Gasteiger partial charge in [0, 0.05) is 12.5 Å². The standard InChI is InChI=1S/C15H18F3NO/c1-3-5-6-14(19-11-4-2)12-7-9-13(10-8-12)20-15(16,17)18/h1,7-10,14,19H,4-6,11H2,2H3. The van der Waals surface area contributed by atoms with Crippen molar-refractivity contribution in [1.29, 1.82) is 0 Å². The average molecular weight is 285 g/mol. The molecule has 1 aromatic carbocycles. The van der Waals surface area contributed by atoms with Crippen molar-refractivity contribution in [2.45, 2.75) is 38.6 Å². The lowest BCUT2D eigenvalue weighted by Gasteiger charge is -2.18. The topological polar surface area (TPSA) is 21.3 Å². The molecule has 0 fully saturated rings. The van der Waals surface area contributed by atoms with Gasteiger partial charge >= 0.3 is 6.36 Å². The Labute approximate surface area is 117 Å². The van der Waals surface area contributed by atoms with Crippen molar-refractivity contribution < 1.29 is 17.9 Å². The van der Waals surface area contributed by atoms with E-state index in [0.29, 0.717) is 6.42 Å². The van der Waals surface area contributed by atoms with Crippen LogP contribution in [0.1, 0.15) is 37.8 Å². The van der Waals surface area contributed by atoms with Gasteiger partial charge in [-0.2, -0.15) is 0 Å². The molecule has 0 saturated heterocycles. The van der Waals surface area contributed by atoms with Crippen LogP contribution in [-0.2, 0) is 0 Å². The van der Waals surface area contributed by atoms with Gasteiger partial charge in [0.05, 0.1) is 0 Å². The number of hydrogen-bond acceptors (Lipinski definition) is 2. The van der Waals surface area contributed by atoms with Crippen LogP contribution in [0.15, 0.2) is 24.3 Å². The smallest absolute Gasteiger partial charge is 0.406 e. The predicted molar refractivity (Wildman–Crippen MR) is 72.2 cm³/mol. The first-order chi connectivity index (χ1) is 9.46. The molecule has 0 aromatic heterocycles. The summed E-state index contributed by atoms with van der Waals surface area (Å²) in [4.78, 5) is 0. The largest absolute Gasteiger partial charge is 0.573 e. The summed E-state index contributed by atoms with van der Waals surface area (Å²) in [6.45, 7) is 2.88. The molecular formula is C15H18F3NO. The van der Waals surface area contributed by atoms with Crippen molar-refractivity contribution >= 4 is 0 Å². The van der Waals surface area contributed by atoms with E-state index in [1.54, 1.807) is 12.1 Å². The zero-order chi connectivity index (χ0) is 15.0. The Morgan fingerprint density at radius 2 is 1.95 bits per heavy atom. The molecule has 5 heteroatoms. The first-order valence-corrected chi connectivity index (χ1v) is 6.49. The number of halogens is 3. The zero-order valence-electron chi connectivity index (χ0n) is 11.3. The summed E-state index contributed by atoms with van der Waals surface area (Å²) in [7, 11) is 0.